The third-order valence-electron chi connectivity index (χ3n) is 3.35. The maximum Gasteiger partial charge on any atom is 0.337 e. The fraction of sp³-hybridized carbons (Fsp3) is 0.385. The Kier molecular flexibility index (Phi) is 3.59. The Morgan fingerprint density at radius 3 is 2.63 bits per heavy atom. The van der Waals surface area contributed by atoms with Gasteiger partial charge in [0.25, 0.3) is 0 Å². The molecule has 1 saturated carbocycles. The van der Waals surface area contributed by atoms with Crippen LogP contribution in [0.3, 0.4) is 0 Å². The summed E-state index contributed by atoms with van der Waals surface area (Å²) < 4.78 is 0. The predicted molar refractivity (Wildman–Crippen MR) is 72.4 cm³/mol. The molecule has 0 atom stereocenters. The number of amides is 2. The van der Waals surface area contributed by atoms with E-state index >= 15 is 0 Å². The van der Waals surface area contributed by atoms with Gasteiger partial charge >= 0.3 is 12.0 Å². The quantitative estimate of drug-likeness (QED) is 0.723. The van der Waals surface area contributed by atoms with E-state index < -0.39 is 5.97 Å². The minimum atomic E-state index is -1.11. The van der Waals surface area contributed by atoms with E-state index in [1.54, 1.807) is 19.2 Å². The summed E-state index contributed by atoms with van der Waals surface area (Å²) in [6.45, 7) is 0. The molecule has 0 aromatic heterocycles. The van der Waals surface area contributed by atoms with Gasteiger partial charge in [-0.2, -0.15) is 0 Å². The summed E-state index contributed by atoms with van der Waals surface area (Å²) in [6, 6.07) is 4.38. The zero-order valence-electron chi connectivity index (χ0n) is 10.7. The molecule has 0 heterocycles. The molecule has 0 saturated heterocycles. The van der Waals surface area contributed by atoms with Gasteiger partial charge in [0.05, 0.1) is 11.3 Å². The van der Waals surface area contributed by atoms with Gasteiger partial charge < -0.3 is 16.2 Å². The monoisotopic (exact) mass is 263 g/mol. The second-order valence-electron chi connectivity index (χ2n) is 4.72. The number of rotatable bonds is 3. The number of nitrogens with zero attached hydrogens (tertiary/aromatic N) is 1. The molecule has 0 bridgehead atoms. The number of nitrogens with two attached hydrogens (primary N) is 1. The molecule has 1 aromatic rings. The summed E-state index contributed by atoms with van der Waals surface area (Å²) >= 11 is 0. The van der Waals surface area contributed by atoms with Crippen LogP contribution < -0.4 is 16.0 Å². The molecule has 1 aromatic carbocycles. The third kappa shape index (κ3) is 2.78. The van der Waals surface area contributed by atoms with E-state index in [4.69, 9.17) is 10.8 Å². The summed E-state index contributed by atoms with van der Waals surface area (Å²) in [5, 5.41) is 12.0. The Hall–Kier alpha value is -2.24. The lowest BCUT2D eigenvalue weighted by Gasteiger charge is -2.29. The van der Waals surface area contributed by atoms with Crippen molar-refractivity contribution in [2.75, 3.05) is 17.7 Å². The first-order valence-electron chi connectivity index (χ1n) is 6.16. The van der Waals surface area contributed by atoms with E-state index in [-0.39, 0.29) is 17.6 Å². The second-order valence-corrected chi connectivity index (χ2v) is 4.72. The van der Waals surface area contributed by atoms with E-state index in [9.17, 15) is 9.59 Å². The maximum atomic E-state index is 12.0. The van der Waals surface area contributed by atoms with Crippen LogP contribution in [0.15, 0.2) is 18.2 Å². The Balaban J connectivity index is 2.19. The van der Waals surface area contributed by atoms with Gasteiger partial charge in [0.1, 0.15) is 0 Å². The van der Waals surface area contributed by atoms with Gasteiger partial charge in [-0.1, -0.05) is 0 Å². The molecule has 19 heavy (non-hydrogen) atoms. The Morgan fingerprint density at radius 1 is 1.42 bits per heavy atom. The van der Waals surface area contributed by atoms with Crippen molar-refractivity contribution in [3.8, 4) is 0 Å². The fourth-order valence-electron chi connectivity index (χ4n) is 1.95. The number of carboxylic acids is 1. The largest absolute Gasteiger partial charge is 0.478 e. The Bertz CT molecular complexity index is 512. The second kappa shape index (κ2) is 5.17. The molecule has 0 aliphatic heterocycles. The summed E-state index contributed by atoms with van der Waals surface area (Å²) in [5.41, 5.74) is 6.28. The maximum absolute atomic E-state index is 12.0. The van der Waals surface area contributed by atoms with E-state index in [1.807, 2.05) is 0 Å². The molecule has 0 radical (unpaired) electrons. The minimum absolute atomic E-state index is 0.0197. The van der Waals surface area contributed by atoms with E-state index in [2.05, 4.69) is 5.32 Å². The normalized spacial score (nSPS) is 14.6. The van der Waals surface area contributed by atoms with Crippen molar-refractivity contribution in [2.24, 2.45) is 0 Å². The first kappa shape index (κ1) is 13.2. The van der Waals surface area contributed by atoms with Crippen LogP contribution in [0.1, 0.15) is 29.6 Å². The lowest BCUT2D eigenvalue weighted by atomic mass is 9.93. The number of nitrogen functional groups attached to an aromatic ring is 1. The molecule has 1 fully saturated rings. The molecule has 6 heteroatoms. The van der Waals surface area contributed by atoms with Crippen molar-refractivity contribution in [3.63, 3.8) is 0 Å². The van der Waals surface area contributed by atoms with Crippen molar-refractivity contribution in [1.82, 2.24) is 5.32 Å². The van der Waals surface area contributed by atoms with Crippen LogP contribution in [-0.4, -0.2) is 30.2 Å². The highest BCUT2D eigenvalue weighted by Crippen LogP contribution is 2.23. The molecule has 0 spiro atoms. The standard InChI is InChI=1S/C13H17N3O3/c1-16(13(19)15-9-3-2-4-9)11-6-5-8(14)7-10(11)12(17)18/h5-7,9H,2-4,14H2,1H3,(H,15,19)(H,17,18). The van der Waals surface area contributed by atoms with Crippen molar-refractivity contribution in [2.45, 2.75) is 25.3 Å². The van der Waals surface area contributed by atoms with Gasteiger partial charge in [0.2, 0.25) is 0 Å². The topological polar surface area (TPSA) is 95.7 Å². The van der Waals surface area contributed by atoms with Crippen LogP contribution in [0.4, 0.5) is 16.2 Å². The fourth-order valence-corrected chi connectivity index (χ4v) is 1.95. The highest BCUT2D eigenvalue weighted by Gasteiger charge is 2.23. The average Bonchev–Trinajstić information content (AvgIpc) is 2.32. The summed E-state index contributed by atoms with van der Waals surface area (Å²) in [7, 11) is 1.55. The molecule has 102 valence electrons. The van der Waals surface area contributed by atoms with Gasteiger partial charge in [-0.25, -0.2) is 9.59 Å². The number of carbonyl (C=O) groups excluding carboxylic acids is 1. The smallest absolute Gasteiger partial charge is 0.337 e. The van der Waals surface area contributed by atoms with E-state index in [0.717, 1.165) is 19.3 Å². The van der Waals surface area contributed by atoms with Crippen LogP contribution in [0, 0.1) is 0 Å². The number of hydrogen-bond acceptors (Lipinski definition) is 3. The lowest BCUT2D eigenvalue weighted by molar-refractivity contribution is 0.0698. The molecular weight excluding hydrogens is 246 g/mol. The molecule has 0 unspecified atom stereocenters. The minimum Gasteiger partial charge on any atom is -0.478 e. The van der Waals surface area contributed by atoms with Gasteiger partial charge in [-0.3, -0.25) is 4.90 Å². The van der Waals surface area contributed by atoms with Crippen LogP contribution in [0.5, 0.6) is 0 Å². The van der Waals surface area contributed by atoms with Crippen LogP contribution in [-0.2, 0) is 0 Å². The Labute approximate surface area is 111 Å². The molecule has 1 aliphatic carbocycles. The van der Waals surface area contributed by atoms with Gasteiger partial charge in [0, 0.05) is 18.8 Å². The number of anilines is 2. The zero-order valence-corrected chi connectivity index (χ0v) is 10.7. The first-order valence-corrected chi connectivity index (χ1v) is 6.16. The van der Waals surface area contributed by atoms with Crippen LogP contribution in [0.25, 0.3) is 0 Å². The highest BCUT2D eigenvalue weighted by molar-refractivity contribution is 6.01. The van der Waals surface area contributed by atoms with Crippen molar-refractivity contribution in [3.05, 3.63) is 23.8 Å². The number of carboxylic acid groups (broad SMARTS) is 1. The van der Waals surface area contributed by atoms with E-state index in [1.165, 1.54) is 11.0 Å². The molecular formula is C13H17N3O3. The van der Waals surface area contributed by atoms with Crippen molar-refractivity contribution >= 4 is 23.4 Å². The highest BCUT2D eigenvalue weighted by atomic mass is 16.4. The molecule has 4 N–H and O–H groups in total. The molecule has 6 nitrogen and oxygen atoms in total. The molecule has 2 amide bonds. The SMILES string of the molecule is CN(C(=O)NC1CCC1)c1ccc(N)cc1C(=O)O. The third-order valence-corrected chi connectivity index (χ3v) is 3.35. The van der Waals surface area contributed by atoms with Crippen LogP contribution in [0.2, 0.25) is 0 Å². The lowest BCUT2D eigenvalue weighted by Crippen LogP contribution is -2.46. The van der Waals surface area contributed by atoms with Gasteiger partial charge in [-0.15, -0.1) is 0 Å². The first-order chi connectivity index (χ1) is 8.99. The number of carbonyl (C=O) groups is 2. The number of hydrogen-bond donors (Lipinski definition) is 3. The predicted octanol–water partition coefficient (Wildman–Crippen LogP) is 1.67. The number of urea groups is 1. The summed E-state index contributed by atoms with van der Waals surface area (Å²) in [6.07, 6.45) is 3.08. The van der Waals surface area contributed by atoms with Crippen LogP contribution >= 0.6 is 0 Å². The van der Waals surface area contributed by atoms with Gasteiger partial charge in [0.15, 0.2) is 0 Å². The average molecular weight is 263 g/mol. The molecule has 2 rings (SSSR count). The van der Waals surface area contributed by atoms with Crippen molar-refractivity contribution < 1.29 is 14.7 Å². The van der Waals surface area contributed by atoms with Gasteiger partial charge in [-0.05, 0) is 37.5 Å². The number of aromatic carboxylic acids is 1. The number of nitrogens with one attached hydrogen (secondary N) is 1. The summed E-state index contributed by atoms with van der Waals surface area (Å²) in [5.74, 6) is -1.11. The zero-order chi connectivity index (χ0) is 14.0. The van der Waals surface area contributed by atoms with Crippen molar-refractivity contribution in [1.29, 1.82) is 0 Å². The Morgan fingerprint density at radius 2 is 2.11 bits per heavy atom. The summed E-state index contributed by atoms with van der Waals surface area (Å²) in [4.78, 5) is 24.5. The van der Waals surface area contributed by atoms with E-state index in [0.29, 0.717) is 11.4 Å². The molecule has 1 aliphatic rings. The number of benzene rings is 1.